The smallest absolute Gasteiger partial charge is 0.217 e. The van der Waals surface area contributed by atoms with E-state index in [-0.39, 0.29) is 17.0 Å². The summed E-state index contributed by atoms with van der Waals surface area (Å²) >= 11 is 0. The van der Waals surface area contributed by atoms with Gasteiger partial charge in [-0.2, -0.15) is 0 Å². The molecule has 0 saturated heterocycles. The zero-order valence-corrected chi connectivity index (χ0v) is 22.0. The summed E-state index contributed by atoms with van der Waals surface area (Å²) in [5.74, 6) is 0. The lowest BCUT2D eigenvalue weighted by Gasteiger charge is -1.98. The third-order valence-corrected chi connectivity index (χ3v) is 4.81. The number of aryl methyl sites for hydroxylation is 4. The number of halogens is 1. The van der Waals surface area contributed by atoms with E-state index in [4.69, 9.17) is 0 Å². The number of rotatable bonds is 9. The number of hydrogen-bond acceptors (Lipinski definition) is 4. The van der Waals surface area contributed by atoms with Crippen LogP contribution < -0.4 is 26.1 Å². The molecule has 8 heteroatoms. The SMILES string of the molecule is CCCC[n+]1cccc(CC)c1.CCCC[n+]1cccc(CC)c1.COS(=O)(=O)[O-].[Br-]. The van der Waals surface area contributed by atoms with E-state index >= 15 is 0 Å². The van der Waals surface area contributed by atoms with Crippen molar-refractivity contribution >= 4 is 10.4 Å². The van der Waals surface area contributed by atoms with E-state index in [1.807, 2.05) is 0 Å². The summed E-state index contributed by atoms with van der Waals surface area (Å²) in [7, 11) is -3.60. The van der Waals surface area contributed by atoms with Crippen molar-refractivity contribution in [3.8, 4) is 0 Å². The minimum atomic E-state index is -4.41. The van der Waals surface area contributed by atoms with Gasteiger partial charge in [-0.3, -0.25) is 4.18 Å². The van der Waals surface area contributed by atoms with Crippen molar-refractivity contribution in [1.82, 2.24) is 0 Å². The molecule has 0 radical (unpaired) electrons. The molecule has 0 N–H and O–H groups in total. The highest BCUT2D eigenvalue weighted by molar-refractivity contribution is 7.80. The lowest BCUT2D eigenvalue weighted by Crippen LogP contribution is -3.00. The van der Waals surface area contributed by atoms with E-state index in [9.17, 15) is 13.0 Å². The summed E-state index contributed by atoms with van der Waals surface area (Å²) < 4.78 is 35.6. The monoisotopic (exact) mass is 518 g/mol. The van der Waals surface area contributed by atoms with Crippen molar-refractivity contribution in [3.63, 3.8) is 0 Å². The highest BCUT2D eigenvalue weighted by Gasteiger charge is 2.00. The summed E-state index contributed by atoms with van der Waals surface area (Å²) in [6, 6.07) is 8.63. The zero-order chi connectivity index (χ0) is 22.8. The number of nitrogens with zero attached hydrogens (tertiary/aromatic N) is 2. The van der Waals surface area contributed by atoms with E-state index in [2.05, 4.69) is 90.1 Å². The molecular formula is C23H39BrN2O4S. The maximum atomic E-state index is 9.22. The Kier molecular flexibility index (Phi) is 19.9. The molecule has 0 spiro atoms. The van der Waals surface area contributed by atoms with Crippen LogP contribution in [0.25, 0.3) is 0 Å². The van der Waals surface area contributed by atoms with Crippen LogP contribution >= 0.6 is 0 Å². The molecule has 0 saturated carbocycles. The van der Waals surface area contributed by atoms with E-state index < -0.39 is 10.4 Å². The summed E-state index contributed by atoms with van der Waals surface area (Å²) in [6.45, 7) is 11.2. The van der Waals surface area contributed by atoms with Gasteiger partial charge in [0.1, 0.15) is 13.1 Å². The van der Waals surface area contributed by atoms with Crippen molar-refractivity contribution in [2.75, 3.05) is 7.11 Å². The summed E-state index contributed by atoms with van der Waals surface area (Å²) in [6.07, 6.45) is 16.1. The Bertz CT molecular complexity index is 750. The third kappa shape index (κ3) is 18.0. The summed E-state index contributed by atoms with van der Waals surface area (Å²) in [5, 5.41) is 0. The van der Waals surface area contributed by atoms with Crippen LogP contribution in [-0.2, 0) is 40.5 Å². The first-order valence-corrected chi connectivity index (χ1v) is 12.1. The fourth-order valence-corrected chi connectivity index (χ4v) is 2.53. The average molecular weight is 520 g/mol. The first kappa shape index (κ1) is 31.8. The fourth-order valence-electron chi connectivity index (χ4n) is 2.53. The Hall–Kier alpha value is -1.35. The maximum Gasteiger partial charge on any atom is 0.217 e. The maximum absolute atomic E-state index is 9.22. The van der Waals surface area contributed by atoms with E-state index in [0.29, 0.717) is 0 Å². The van der Waals surface area contributed by atoms with Gasteiger partial charge < -0.3 is 21.5 Å². The van der Waals surface area contributed by atoms with Gasteiger partial charge in [-0.15, -0.1) is 0 Å². The van der Waals surface area contributed by atoms with Crippen molar-refractivity contribution in [2.45, 2.75) is 79.3 Å². The van der Waals surface area contributed by atoms with Gasteiger partial charge in [0.05, 0.1) is 7.11 Å². The predicted octanol–water partition coefficient (Wildman–Crippen LogP) is 0.770. The van der Waals surface area contributed by atoms with Gasteiger partial charge in [0, 0.05) is 36.1 Å². The van der Waals surface area contributed by atoms with Crippen LogP contribution in [0.1, 0.15) is 64.5 Å². The lowest BCUT2D eigenvalue weighted by atomic mass is 10.2. The van der Waals surface area contributed by atoms with Gasteiger partial charge >= 0.3 is 0 Å². The molecule has 0 aromatic carbocycles. The highest BCUT2D eigenvalue weighted by atomic mass is 79.9. The van der Waals surface area contributed by atoms with E-state index in [1.54, 1.807) is 0 Å². The quantitative estimate of drug-likeness (QED) is 0.279. The van der Waals surface area contributed by atoms with Crippen LogP contribution in [0.15, 0.2) is 49.1 Å². The van der Waals surface area contributed by atoms with Crippen molar-refractivity contribution in [2.24, 2.45) is 0 Å². The molecule has 0 unspecified atom stereocenters. The third-order valence-electron chi connectivity index (χ3n) is 4.40. The molecule has 178 valence electrons. The average Bonchev–Trinajstić information content (AvgIpc) is 2.77. The molecule has 2 aromatic rings. The molecule has 2 aromatic heterocycles. The van der Waals surface area contributed by atoms with Gasteiger partial charge in [0.15, 0.2) is 24.8 Å². The molecule has 0 aliphatic heterocycles. The van der Waals surface area contributed by atoms with Crippen molar-refractivity contribution < 1.29 is 43.3 Å². The minimum Gasteiger partial charge on any atom is -1.00 e. The van der Waals surface area contributed by atoms with Gasteiger partial charge in [-0.05, 0) is 25.0 Å². The van der Waals surface area contributed by atoms with Crippen molar-refractivity contribution in [3.05, 3.63) is 60.2 Å². The van der Waals surface area contributed by atoms with Crippen LogP contribution in [0.3, 0.4) is 0 Å². The van der Waals surface area contributed by atoms with Crippen LogP contribution in [0, 0.1) is 0 Å². The second-order valence-electron chi connectivity index (χ2n) is 6.89. The predicted molar refractivity (Wildman–Crippen MR) is 119 cm³/mol. The molecule has 0 atom stereocenters. The largest absolute Gasteiger partial charge is 1.00 e. The van der Waals surface area contributed by atoms with Gasteiger partial charge in [-0.1, -0.05) is 40.5 Å². The first-order chi connectivity index (χ1) is 14.3. The standard InChI is InChI=1S/2C11H18N.CH4O4S.BrH/c2*1-3-5-8-12-9-6-7-11(4-2)10-12;1-5-6(2,3)4;/h2*6-7,9-10H,3-5,8H2,1-2H3;1H3,(H,2,3,4);1H/q2*+1;;/p-2. The Morgan fingerprint density at radius 1 is 0.839 bits per heavy atom. The van der Waals surface area contributed by atoms with Crippen molar-refractivity contribution in [1.29, 1.82) is 0 Å². The molecule has 0 bridgehead atoms. The topological polar surface area (TPSA) is 74.2 Å². The Labute approximate surface area is 200 Å². The summed E-state index contributed by atoms with van der Waals surface area (Å²) in [5.41, 5.74) is 2.85. The number of pyridine rings is 2. The molecule has 2 heterocycles. The molecule has 0 aliphatic carbocycles. The second-order valence-corrected chi connectivity index (χ2v) is 8.04. The van der Waals surface area contributed by atoms with Gasteiger partial charge in [0.2, 0.25) is 10.4 Å². The number of aromatic nitrogens is 2. The van der Waals surface area contributed by atoms with Gasteiger partial charge in [-0.25, -0.2) is 17.6 Å². The highest BCUT2D eigenvalue weighted by Crippen LogP contribution is 1.96. The number of unbranched alkanes of at least 4 members (excludes halogenated alkanes) is 2. The number of hydrogen-bond donors (Lipinski definition) is 0. The van der Waals surface area contributed by atoms with E-state index in [1.165, 1.54) is 36.8 Å². The minimum absolute atomic E-state index is 0. The molecule has 31 heavy (non-hydrogen) atoms. The second kappa shape index (κ2) is 19.3. The Morgan fingerprint density at radius 2 is 1.19 bits per heavy atom. The van der Waals surface area contributed by atoms with Crippen LogP contribution in [0.5, 0.6) is 0 Å². The van der Waals surface area contributed by atoms with Crippen LogP contribution in [-0.4, -0.2) is 20.1 Å². The molecule has 0 aliphatic rings. The Balaban J connectivity index is 0. The normalized spacial score (nSPS) is 10.1. The van der Waals surface area contributed by atoms with Gasteiger partial charge in [0.25, 0.3) is 0 Å². The molecule has 2 rings (SSSR count). The van der Waals surface area contributed by atoms with E-state index in [0.717, 1.165) is 33.0 Å². The lowest BCUT2D eigenvalue weighted by molar-refractivity contribution is -0.697. The first-order valence-electron chi connectivity index (χ1n) is 10.8. The molecule has 0 amide bonds. The van der Waals surface area contributed by atoms with Crippen LogP contribution in [0.4, 0.5) is 0 Å². The zero-order valence-electron chi connectivity index (χ0n) is 19.6. The molecular weight excluding hydrogens is 480 g/mol. The molecule has 6 nitrogen and oxygen atoms in total. The Morgan fingerprint density at radius 3 is 1.45 bits per heavy atom. The fraction of sp³-hybridized carbons (Fsp3) is 0.565. The molecule has 0 fully saturated rings. The summed E-state index contributed by atoms with van der Waals surface area (Å²) in [4.78, 5) is 0. The van der Waals surface area contributed by atoms with Crippen LogP contribution in [0.2, 0.25) is 0 Å².